The van der Waals surface area contributed by atoms with Gasteiger partial charge in [0.1, 0.15) is 0 Å². The van der Waals surface area contributed by atoms with E-state index in [4.69, 9.17) is 0 Å². The number of halogens is 4. The van der Waals surface area contributed by atoms with E-state index in [-0.39, 0.29) is 47.1 Å². The van der Waals surface area contributed by atoms with Crippen molar-refractivity contribution in [2.45, 2.75) is 36.3 Å². The van der Waals surface area contributed by atoms with Gasteiger partial charge in [0.15, 0.2) is 0 Å². The first-order valence-corrected chi connectivity index (χ1v) is 7.50. The number of piperazine rings is 1. The predicted molar refractivity (Wildman–Crippen MR) is 83.6 cm³/mol. The van der Waals surface area contributed by atoms with Crippen LogP contribution in [0, 0.1) is 0 Å². The highest BCUT2D eigenvalue weighted by atomic mass is 35.5. The van der Waals surface area contributed by atoms with Crippen molar-refractivity contribution in [3.63, 3.8) is 0 Å². The zero-order valence-electron chi connectivity index (χ0n) is 12.2. The van der Waals surface area contributed by atoms with Gasteiger partial charge in [0.2, 0.25) is 0 Å². The van der Waals surface area contributed by atoms with Crippen molar-refractivity contribution in [2.75, 3.05) is 13.1 Å². The molecule has 0 saturated carbocycles. The molecule has 1 amide bonds. The summed E-state index contributed by atoms with van der Waals surface area (Å²) in [4.78, 5) is 14.3. The van der Waals surface area contributed by atoms with Gasteiger partial charge in [-0.15, -0.1) is 12.4 Å². The number of alkyl halides is 3. The molecule has 2 atom stereocenters. The lowest BCUT2D eigenvalue weighted by atomic mass is 10.1. The van der Waals surface area contributed by atoms with E-state index in [1.54, 1.807) is 4.90 Å². The first-order chi connectivity index (χ1) is 9.78. The van der Waals surface area contributed by atoms with Gasteiger partial charge in [-0.2, -0.15) is 13.2 Å². The van der Waals surface area contributed by atoms with Crippen LogP contribution in [0.4, 0.5) is 13.2 Å². The van der Waals surface area contributed by atoms with E-state index < -0.39 is 5.51 Å². The summed E-state index contributed by atoms with van der Waals surface area (Å²) in [7, 11) is 0. The highest BCUT2D eigenvalue weighted by Gasteiger charge is 2.30. The molecule has 1 aromatic rings. The van der Waals surface area contributed by atoms with Crippen molar-refractivity contribution >= 4 is 30.1 Å². The van der Waals surface area contributed by atoms with Crippen molar-refractivity contribution < 1.29 is 18.0 Å². The van der Waals surface area contributed by atoms with E-state index in [0.717, 1.165) is 6.54 Å². The summed E-state index contributed by atoms with van der Waals surface area (Å²) in [6.45, 7) is 5.29. The first kappa shape index (κ1) is 19.1. The SMILES string of the molecule is CC1NCCN(C(=O)c2ccc(SC(F)(F)F)cc2)C1C.Cl. The Balaban J connectivity index is 0.00000242. The lowest BCUT2D eigenvalue weighted by molar-refractivity contribution is -0.0328. The molecule has 124 valence electrons. The molecule has 8 heteroatoms. The zero-order chi connectivity index (χ0) is 15.6. The summed E-state index contributed by atoms with van der Waals surface area (Å²) in [6, 6.07) is 5.83. The average Bonchev–Trinajstić information content (AvgIpc) is 2.40. The highest BCUT2D eigenvalue weighted by molar-refractivity contribution is 8.00. The number of hydrogen-bond acceptors (Lipinski definition) is 3. The van der Waals surface area contributed by atoms with Crippen molar-refractivity contribution in [3.05, 3.63) is 29.8 Å². The molecule has 3 nitrogen and oxygen atoms in total. The maximum Gasteiger partial charge on any atom is 0.446 e. The minimum Gasteiger partial charge on any atom is -0.333 e. The molecule has 1 fully saturated rings. The van der Waals surface area contributed by atoms with E-state index in [0.29, 0.717) is 12.1 Å². The van der Waals surface area contributed by atoms with Crippen LogP contribution in [-0.2, 0) is 0 Å². The first-order valence-electron chi connectivity index (χ1n) is 6.68. The van der Waals surface area contributed by atoms with Gasteiger partial charge in [0.05, 0.1) is 0 Å². The number of benzene rings is 1. The number of thioether (sulfide) groups is 1. The van der Waals surface area contributed by atoms with E-state index in [2.05, 4.69) is 5.32 Å². The van der Waals surface area contributed by atoms with Gasteiger partial charge in [-0.05, 0) is 49.9 Å². The zero-order valence-corrected chi connectivity index (χ0v) is 13.8. The minimum absolute atomic E-state index is 0. The van der Waals surface area contributed by atoms with Crippen LogP contribution in [0.3, 0.4) is 0 Å². The number of hydrogen-bond donors (Lipinski definition) is 1. The second-order valence-electron chi connectivity index (χ2n) is 5.05. The van der Waals surface area contributed by atoms with Crippen LogP contribution in [0.5, 0.6) is 0 Å². The Labute approximate surface area is 138 Å². The standard InChI is InChI=1S/C14H17F3N2OS.ClH/c1-9-10(2)19(8-7-18-9)13(20)11-3-5-12(6-4-11)21-14(15,16)17;/h3-6,9-10,18H,7-8H2,1-2H3;1H. The van der Waals surface area contributed by atoms with Crippen molar-refractivity contribution in [2.24, 2.45) is 0 Å². The van der Waals surface area contributed by atoms with Gasteiger partial charge in [0.25, 0.3) is 5.91 Å². The quantitative estimate of drug-likeness (QED) is 0.824. The molecule has 22 heavy (non-hydrogen) atoms. The van der Waals surface area contributed by atoms with Crippen LogP contribution in [0.25, 0.3) is 0 Å². The number of carbonyl (C=O) groups excluding carboxylic acids is 1. The summed E-state index contributed by atoms with van der Waals surface area (Å²) in [5.74, 6) is -0.139. The number of nitrogens with one attached hydrogen (secondary N) is 1. The molecule has 2 rings (SSSR count). The van der Waals surface area contributed by atoms with Gasteiger partial charge >= 0.3 is 5.51 Å². The minimum atomic E-state index is -4.31. The van der Waals surface area contributed by atoms with Crippen LogP contribution in [0.15, 0.2) is 29.2 Å². The molecule has 0 spiro atoms. The molecule has 0 aromatic heterocycles. The van der Waals surface area contributed by atoms with E-state index >= 15 is 0 Å². The maximum atomic E-state index is 12.4. The largest absolute Gasteiger partial charge is 0.446 e. The Bertz CT molecular complexity index is 510. The smallest absolute Gasteiger partial charge is 0.333 e. The predicted octanol–water partition coefficient (Wildman–Crippen LogP) is 3.54. The molecule has 1 saturated heterocycles. The number of rotatable bonds is 2. The number of carbonyl (C=O) groups is 1. The van der Waals surface area contributed by atoms with Crippen molar-refractivity contribution in [1.82, 2.24) is 10.2 Å². The van der Waals surface area contributed by atoms with Crippen molar-refractivity contribution in [1.29, 1.82) is 0 Å². The monoisotopic (exact) mass is 354 g/mol. The fourth-order valence-corrected chi connectivity index (χ4v) is 2.85. The molecular weight excluding hydrogens is 337 g/mol. The highest BCUT2D eigenvalue weighted by Crippen LogP contribution is 2.36. The summed E-state index contributed by atoms with van der Waals surface area (Å²) in [5.41, 5.74) is -3.89. The molecule has 0 aliphatic carbocycles. The van der Waals surface area contributed by atoms with E-state index in [9.17, 15) is 18.0 Å². The van der Waals surface area contributed by atoms with Gasteiger partial charge in [-0.1, -0.05) is 0 Å². The topological polar surface area (TPSA) is 32.3 Å². The fraction of sp³-hybridized carbons (Fsp3) is 0.500. The van der Waals surface area contributed by atoms with Crippen LogP contribution < -0.4 is 5.32 Å². The van der Waals surface area contributed by atoms with E-state index in [1.807, 2.05) is 13.8 Å². The van der Waals surface area contributed by atoms with Gasteiger partial charge in [-0.3, -0.25) is 4.79 Å². The summed E-state index contributed by atoms with van der Waals surface area (Å²) in [5, 5.41) is 3.28. The second-order valence-corrected chi connectivity index (χ2v) is 6.19. The van der Waals surface area contributed by atoms with Crippen LogP contribution in [-0.4, -0.2) is 41.5 Å². The van der Waals surface area contributed by atoms with Crippen LogP contribution in [0.1, 0.15) is 24.2 Å². The van der Waals surface area contributed by atoms with E-state index in [1.165, 1.54) is 24.3 Å². The molecule has 1 aliphatic rings. The molecule has 0 bridgehead atoms. The van der Waals surface area contributed by atoms with Crippen molar-refractivity contribution in [3.8, 4) is 0 Å². The Morgan fingerprint density at radius 3 is 2.41 bits per heavy atom. The van der Waals surface area contributed by atoms with Gasteiger partial charge in [-0.25, -0.2) is 0 Å². The number of amides is 1. The second kappa shape index (κ2) is 7.57. The van der Waals surface area contributed by atoms with Crippen LogP contribution >= 0.6 is 24.2 Å². The third kappa shape index (κ3) is 4.79. The normalized spacial score (nSPS) is 22.1. The van der Waals surface area contributed by atoms with Crippen LogP contribution in [0.2, 0.25) is 0 Å². The lowest BCUT2D eigenvalue weighted by Gasteiger charge is -2.38. The molecule has 0 radical (unpaired) electrons. The maximum absolute atomic E-state index is 12.4. The lowest BCUT2D eigenvalue weighted by Crippen LogP contribution is -2.57. The Hall–Kier alpha value is -0.920. The molecule has 2 unspecified atom stereocenters. The molecule has 1 N–H and O–H groups in total. The number of nitrogens with zero attached hydrogens (tertiary/aromatic N) is 1. The van der Waals surface area contributed by atoms with Gasteiger partial charge in [0, 0.05) is 35.6 Å². The molecular formula is C14H18ClF3N2OS. The summed E-state index contributed by atoms with van der Waals surface area (Å²) in [6.07, 6.45) is 0. The molecule has 1 heterocycles. The summed E-state index contributed by atoms with van der Waals surface area (Å²) < 4.78 is 36.8. The summed E-state index contributed by atoms with van der Waals surface area (Å²) >= 11 is -0.177. The Morgan fingerprint density at radius 2 is 1.86 bits per heavy atom. The Morgan fingerprint density at radius 1 is 1.27 bits per heavy atom. The fourth-order valence-electron chi connectivity index (χ4n) is 2.31. The molecule has 1 aromatic carbocycles. The Kier molecular flexibility index (Phi) is 6.58. The molecule has 1 aliphatic heterocycles. The third-order valence-corrected chi connectivity index (χ3v) is 4.37. The average molecular weight is 355 g/mol. The third-order valence-electron chi connectivity index (χ3n) is 3.63. The van der Waals surface area contributed by atoms with Gasteiger partial charge < -0.3 is 10.2 Å².